The third-order valence-corrected chi connectivity index (χ3v) is 3.98. The first-order valence-corrected chi connectivity index (χ1v) is 8.25. The second-order valence-electron chi connectivity index (χ2n) is 5.94. The molecule has 8 heteroatoms. The van der Waals surface area contributed by atoms with Crippen LogP contribution in [0.15, 0.2) is 47.2 Å². The van der Waals surface area contributed by atoms with Crippen LogP contribution in [0.5, 0.6) is 0 Å². The van der Waals surface area contributed by atoms with Crippen LogP contribution >= 0.6 is 0 Å². The molecule has 1 fully saturated rings. The maximum absolute atomic E-state index is 12.0. The molecule has 0 aromatic carbocycles. The second kappa shape index (κ2) is 6.76. The van der Waals surface area contributed by atoms with Gasteiger partial charge in [-0.3, -0.25) is 4.79 Å². The van der Waals surface area contributed by atoms with E-state index in [-0.39, 0.29) is 5.91 Å². The van der Waals surface area contributed by atoms with E-state index in [0.717, 1.165) is 24.4 Å². The van der Waals surface area contributed by atoms with E-state index >= 15 is 0 Å². The van der Waals surface area contributed by atoms with Gasteiger partial charge < -0.3 is 19.7 Å². The lowest BCUT2D eigenvalue weighted by atomic mass is 10.3. The van der Waals surface area contributed by atoms with Crippen molar-refractivity contribution in [2.24, 2.45) is 0 Å². The van der Waals surface area contributed by atoms with Gasteiger partial charge >= 0.3 is 0 Å². The highest BCUT2D eigenvalue weighted by Gasteiger charge is 2.28. The lowest BCUT2D eigenvalue weighted by molar-refractivity contribution is 0.0946. The molecule has 1 saturated carbocycles. The average Bonchev–Trinajstić information content (AvgIpc) is 3.14. The molecule has 128 valence electrons. The third-order valence-electron chi connectivity index (χ3n) is 3.98. The molecule has 3 heterocycles. The van der Waals surface area contributed by atoms with Crippen molar-refractivity contribution in [3.05, 3.63) is 54.2 Å². The van der Waals surface area contributed by atoms with Crippen molar-refractivity contribution in [2.75, 3.05) is 18.4 Å². The zero-order valence-electron chi connectivity index (χ0n) is 13.6. The molecule has 3 aromatic heterocycles. The highest BCUT2D eigenvalue weighted by atomic mass is 16.5. The summed E-state index contributed by atoms with van der Waals surface area (Å²) >= 11 is 0. The number of nitrogens with one attached hydrogen (secondary N) is 2. The van der Waals surface area contributed by atoms with Crippen molar-refractivity contribution < 1.29 is 9.32 Å². The maximum Gasteiger partial charge on any atom is 0.273 e. The van der Waals surface area contributed by atoms with Gasteiger partial charge in [0.2, 0.25) is 0 Å². The Bertz CT molecular complexity index is 836. The Morgan fingerprint density at radius 1 is 1.20 bits per heavy atom. The number of hydrogen-bond donors (Lipinski definition) is 2. The third kappa shape index (κ3) is 3.68. The molecule has 25 heavy (non-hydrogen) atoms. The summed E-state index contributed by atoms with van der Waals surface area (Å²) in [6.07, 6.45) is 6.05. The molecule has 1 aliphatic carbocycles. The number of anilines is 1. The Labute approximate surface area is 144 Å². The molecular weight excluding hydrogens is 320 g/mol. The van der Waals surface area contributed by atoms with Crippen LogP contribution in [0.1, 0.15) is 35.0 Å². The minimum absolute atomic E-state index is 0.230. The van der Waals surface area contributed by atoms with E-state index in [1.807, 2.05) is 41.2 Å². The lowest BCUT2D eigenvalue weighted by Gasteiger charge is -2.06. The molecule has 0 atom stereocenters. The smallest absolute Gasteiger partial charge is 0.273 e. The summed E-state index contributed by atoms with van der Waals surface area (Å²) in [5.41, 5.74) is 0.331. The summed E-state index contributed by atoms with van der Waals surface area (Å²) in [5, 5.41) is 18.0. The zero-order valence-corrected chi connectivity index (χ0v) is 13.6. The Morgan fingerprint density at radius 2 is 2.04 bits per heavy atom. The minimum Gasteiger partial charge on any atom is -0.367 e. The Kier molecular flexibility index (Phi) is 4.16. The number of nitrogens with zero attached hydrogens (tertiary/aromatic N) is 4. The van der Waals surface area contributed by atoms with Crippen molar-refractivity contribution in [1.29, 1.82) is 0 Å². The van der Waals surface area contributed by atoms with Crippen LogP contribution in [0.4, 0.5) is 5.82 Å². The molecule has 0 saturated heterocycles. The Hall–Kier alpha value is -3.16. The fourth-order valence-corrected chi connectivity index (χ4v) is 2.46. The molecule has 4 rings (SSSR count). The number of carbonyl (C=O) groups is 1. The average molecular weight is 338 g/mol. The van der Waals surface area contributed by atoms with Crippen molar-refractivity contribution in [1.82, 2.24) is 25.2 Å². The fourth-order valence-electron chi connectivity index (χ4n) is 2.46. The van der Waals surface area contributed by atoms with Crippen LogP contribution in [0.25, 0.3) is 5.82 Å². The van der Waals surface area contributed by atoms with E-state index in [9.17, 15) is 4.79 Å². The first-order chi connectivity index (χ1) is 12.3. The molecule has 0 aliphatic heterocycles. The van der Waals surface area contributed by atoms with E-state index in [0.29, 0.717) is 30.5 Å². The summed E-state index contributed by atoms with van der Waals surface area (Å²) in [6, 6.07) is 9.32. The molecule has 0 radical (unpaired) electrons. The van der Waals surface area contributed by atoms with Gasteiger partial charge in [0.05, 0.1) is 0 Å². The predicted molar refractivity (Wildman–Crippen MR) is 90.7 cm³/mol. The van der Waals surface area contributed by atoms with E-state index < -0.39 is 0 Å². The van der Waals surface area contributed by atoms with Crippen molar-refractivity contribution in [3.63, 3.8) is 0 Å². The first-order valence-electron chi connectivity index (χ1n) is 8.25. The van der Waals surface area contributed by atoms with E-state index in [4.69, 9.17) is 4.52 Å². The van der Waals surface area contributed by atoms with E-state index in [1.165, 1.54) is 0 Å². The normalized spacial score (nSPS) is 13.6. The molecule has 2 N–H and O–H groups in total. The fraction of sp³-hybridized carbons (Fsp3) is 0.294. The van der Waals surface area contributed by atoms with Crippen LogP contribution in [0.2, 0.25) is 0 Å². The summed E-state index contributed by atoms with van der Waals surface area (Å²) in [5.74, 6) is 2.43. The summed E-state index contributed by atoms with van der Waals surface area (Å²) < 4.78 is 7.06. The van der Waals surface area contributed by atoms with Crippen molar-refractivity contribution >= 4 is 11.7 Å². The number of rotatable bonds is 7. The molecule has 8 nitrogen and oxygen atoms in total. The lowest BCUT2D eigenvalue weighted by Crippen LogP contribution is -2.29. The van der Waals surface area contributed by atoms with Gasteiger partial charge in [0.1, 0.15) is 11.6 Å². The number of amides is 1. The number of aromatic nitrogens is 4. The monoisotopic (exact) mass is 338 g/mol. The first kappa shape index (κ1) is 15.4. The van der Waals surface area contributed by atoms with Gasteiger partial charge in [-0.1, -0.05) is 5.16 Å². The van der Waals surface area contributed by atoms with Crippen molar-refractivity contribution in [2.45, 2.75) is 18.8 Å². The van der Waals surface area contributed by atoms with Gasteiger partial charge in [0.25, 0.3) is 5.91 Å². The van der Waals surface area contributed by atoms with Crippen LogP contribution in [-0.4, -0.2) is 38.9 Å². The Morgan fingerprint density at radius 3 is 2.76 bits per heavy atom. The molecule has 3 aromatic rings. The summed E-state index contributed by atoms with van der Waals surface area (Å²) in [4.78, 5) is 12.0. The maximum atomic E-state index is 12.0. The van der Waals surface area contributed by atoms with Gasteiger partial charge in [0, 0.05) is 37.5 Å². The minimum atomic E-state index is -0.230. The molecule has 1 aliphatic rings. The van der Waals surface area contributed by atoms with E-state index in [1.54, 1.807) is 6.07 Å². The SMILES string of the molecule is O=C(NCCNc1ccc(-n2cccc2)nn1)c1cc(C2CC2)on1. The van der Waals surface area contributed by atoms with Gasteiger partial charge in [-0.05, 0) is 37.1 Å². The Balaban J connectivity index is 1.22. The van der Waals surface area contributed by atoms with Crippen molar-refractivity contribution in [3.8, 4) is 5.82 Å². The van der Waals surface area contributed by atoms with Crippen LogP contribution in [0, 0.1) is 0 Å². The topological polar surface area (TPSA) is 97.9 Å². The van der Waals surface area contributed by atoms with Gasteiger partial charge in [-0.25, -0.2) is 0 Å². The molecule has 0 bridgehead atoms. The van der Waals surface area contributed by atoms with Gasteiger partial charge in [-0.2, -0.15) is 0 Å². The van der Waals surface area contributed by atoms with Crippen LogP contribution in [0.3, 0.4) is 0 Å². The number of hydrogen-bond acceptors (Lipinski definition) is 6. The van der Waals surface area contributed by atoms with Gasteiger partial charge in [-0.15, -0.1) is 10.2 Å². The molecule has 0 unspecified atom stereocenters. The molecule has 0 spiro atoms. The van der Waals surface area contributed by atoms with E-state index in [2.05, 4.69) is 26.0 Å². The standard InChI is InChI=1S/C17H18N6O2/c24-17(13-11-14(25-22-13)12-3-4-12)19-8-7-18-15-5-6-16(21-20-15)23-9-1-2-10-23/h1-2,5-6,9-12H,3-4,7-8H2,(H,18,20)(H,19,24). The van der Waals surface area contributed by atoms with Gasteiger partial charge in [0.15, 0.2) is 11.5 Å². The predicted octanol–water partition coefficient (Wildman–Crippen LogP) is 1.97. The largest absolute Gasteiger partial charge is 0.367 e. The molecular formula is C17H18N6O2. The zero-order chi connectivity index (χ0) is 17.1. The highest BCUT2D eigenvalue weighted by molar-refractivity contribution is 5.92. The summed E-state index contributed by atoms with van der Waals surface area (Å²) in [6.45, 7) is 0.988. The molecule has 1 amide bonds. The van der Waals surface area contributed by atoms with Crippen LogP contribution < -0.4 is 10.6 Å². The van der Waals surface area contributed by atoms with Crippen LogP contribution in [-0.2, 0) is 0 Å². The highest BCUT2D eigenvalue weighted by Crippen LogP contribution is 2.40. The second-order valence-corrected chi connectivity index (χ2v) is 5.94. The quantitative estimate of drug-likeness (QED) is 0.639. The summed E-state index contributed by atoms with van der Waals surface area (Å²) in [7, 11) is 0. The number of carbonyl (C=O) groups excluding carboxylic acids is 1.